The van der Waals surface area contributed by atoms with Gasteiger partial charge in [-0.25, -0.2) is 0 Å². The third-order valence-electron chi connectivity index (χ3n) is 5.78. The summed E-state index contributed by atoms with van der Waals surface area (Å²) in [5.74, 6) is 0.472. The van der Waals surface area contributed by atoms with Crippen molar-refractivity contribution in [3.8, 4) is 11.1 Å². The molecule has 0 saturated heterocycles. The zero-order valence-corrected chi connectivity index (χ0v) is 17.1. The summed E-state index contributed by atoms with van der Waals surface area (Å²) in [6, 6.07) is 28.6. The molecule has 1 aliphatic rings. The molecule has 0 spiro atoms. The summed E-state index contributed by atoms with van der Waals surface area (Å²) in [4.78, 5) is 0. The number of hydrogen-bond donors (Lipinski definition) is 1. The van der Waals surface area contributed by atoms with Crippen molar-refractivity contribution in [3.63, 3.8) is 0 Å². The Morgan fingerprint density at radius 1 is 0.769 bits per heavy atom. The van der Waals surface area contributed by atoms with Crippen molar-refractivity contribution < 1.29 is 18.1 Å². The van der Waals surface area contributed by atoms with E-state index in [0.29, 0.717) is 5.92 Å². The van der Waals surface area contributed by atoms with Crippen molar-refractivity contribution in [2.24, 2.45) is 4.22 Å². The number of fused-ring (bicyclic) bond motifs is 3. The second-order valence-corrected chi connectivity index (χ2v) is 12.3. The Morgan fingerprint density at radius 2 is 1.27 bits per heavy atom. The molecule has 0 unspecified atom stereocenters. The van der Waals surface area contributed by atoms with Gasteiger partial charge in [0.05, 0.1) is 0 Å². The fraction of sp³-hybridized carbons (Fsp3) is 0.250. The number of benzene rings is 3. The van der Waals surface area contributed by atoms with Crippen LogP contribution in [-0.2, 0) is 22.9 Å². The van der Waals surface area contributed by atoms with Crippen molar-refractivity contribution in [1.82, 2.24) is 0 Å². The van der Waals surface area contributed by atoms with Gasteiger partial charge in [0.2, 0.25) is 0 Å². The zero-order chi connectivity index (χ0) is 18.1. The molecule has 3 aromatic rings. The molecule has 131 valence electrons. The van der Waals surface area contributed by atoms with Crippen LogP contribution in [0.15, 0.2) is 78.9 Å². The van der Waals surface area contributed by atoms with E-state index in [1.165, 1.54) is 27.8 Å². The van der Waals surface area contributed by atoms with Gasteiger partial charge in [0, 0.05) is 0 Å². The molecule has 0 saturated carbocycles. The zero-order valence-electron chi connectivity index (χ0n) is 15.6. The van der Waals surface area contributed by atoms with Crippen LogP contribution in [0.3, 0.4) is 0 Å². The molecule has 26 heavy (non-hydrogen) atoms. The summed E-state index contributed by atoms with van der Waals surface area (Å²) in [6.07, 6.45) is 1.14. The normalized spacial score (nSPS) is 13.3. The predicted molar refractivity (Wildman–Crippen MR) is 107 cm³/mol. The summed E-state index contributed by atoms with van der Waals surface area (Å²) in [5, 5.41) is 0. The Bertz CT molecular complexity index is 855. The van der Waals surface area contributed by atoms with E-state index < -0.39 is 18.1 Å². The van der Waals surface area contributed by atoms with Crippen molar-refractivity contribution in [2.45, 2.75) is 34.6 Å². The van der Waals surface area contributed by atoms with Crippen LogP contribution in [0, 0.1) is 0 Å². The number of nitrogens with two attached hydrogens (primary N) is 1. The molecular formula is C24H26NTi. The Kier molecular flexibility index (Phi) is 4.88. The van der Waals surface area contributed by atoms with E-state index in [0.717, 1.165) is 11.1 Å². The van der Waals surface area contributed by atoms with E-state index in [4.69, 9.17) is 4.22 Å². The quantitative estimate of drug-likeness (QED) is 0.537. The van der Waals surface area contributed by atoms with E-state index in [9.17, 15) is 0 Å². The molecule has 1 nitrogen and oxygen atoms in total. The Labute approximate surface area is 163 Å². The van der Waals surface area contributed by atoms with Gasteiger partial charge in [-0.1, -0.05) is 0 Å². The first-order valence-electron chi connectivity index (χ1n) is 9.40. The molecule has 2 heteroatoms. The van der Waals surface area contributed by atoms with Gasteiger partial charge in [-0.2, -0.15) is 0 Å². The van der Waals surface area contributed by atoms with E-state index in [2.05, 4.69) is 92.7 Å². The molecule has 4 rings (SSSR count). The van der Waals surface area contributed by atoms with Crippen molar-refractivity contribution in [2.75, 3.05) is 0 Å². The Balaban J connectivity index is 1.61. The molecule has 0 atom stereocenters. The molecule has 0 bridgehead atoms. The molecule has 0 aliphatic heterocycles. The molecule has 2 N–H and O–H groups in total. The molecule has 0 heterocycles. The molecular weight excluding hydrogens is 350 g/mol. The van der Waals surface area contributed by atoms with E-state index in [-0.39, 0.29) is 3.72 Å². The first-order chi connectivity index (χ1) is 12.6. The van der Waals surface area contributed by atoms with Crippen molar-refractivity contribution >= 4 is 0 Å². The molecule has 0 radical (unpaired) electrons. The first-order valence-corrected chi connectivity index (χ1v) is 12.2. The Hall–Kier alpha value is -1.67. The average Bonchev–Trinajstić information content (AvgIpc) is 2.97. The van der Waals surface area contributed by atoms with Crippen LogP contribution in [-0.4, -0.2) is 0 Å². The van der Waals surface area contributed by atoms with E-state index in [1.807, 2.05) is 0 Å². The summed E-state index contributed by atoms with van der Waals surface area (Å²) in [5.41, 5.74) is 7.17. The van der Waals surface area contributed by atoms with Crippen LogP contribution in [0.1, 0.15) is 42.9 Å². The number of rotatable bonds is 5. The monoisotopic (exact) mass is 376 g/mol. The second kappa shape index (κ2) is 7.15. The summed E-state index contributed by atoms with van der Waals surface area (Å²) in [6.45, 7) is 4.80. The van der Waals surface area contributed by atoms with Gasteiger partial charge < -0.3 is 0 Å². The van der Waals surface area contributed by atoms with Gasteiger partial charge in [-0.3, -0.25) is 0 Å². The van der Waals surface area contributed by atoms with Crippen LogP contribution in [0.25, 0.3) is 11.1 Å². The predicted octanol–water partition coefficient (Wildman–Crippen LogP) is 6.08. The Morgan fingerprint density at radius 3 is 1.85 bits per heavy atom. The minimum atomic E-state index is -1.73. The molecule has 3 aromatic carbocycles. The SMILES string of the molecule is C[C](C)(CC1c2ccccc2-c2ccccc21)[Ti]([NH2])[CH2]c1ccccc1. The summed E-state index contributed by atoms with van der Waals surface area (Å²) < 4.78 is 8.17. The van der Waals surface area contributed by atoms with E-state index in [1.54, 1.807) is 0 Å². The van der Waals surface area contributed by atoms with Crippen molar-refractivity contribution in [3.05, 3.63) is 95.6 Å². The van der Waals surface area contributed by atoms with Crippen molar-refractivity contribution in [1.29, 1.82) is 0 Å². The summed E-state index contributed by atoms with van der Waals surface area (Å²) >= 11 is -1.73. The molecule has 0 amide bonds. The topological polar surface area (TPSA) is 26.0 Å². The van der Waals surface area contributed by atoms with Gasteiger partial charge in [-0.15, -0.1) is 0 Å². The minimum absolute atomic E-state index is 0.213. The third-order valence-corrected chi connectivity index (χ3v) is 10.0. The van der Waals surface area contributed by atoms with Gasteiger partial charge in [0.25, 0.3) is 0 Å². The summed E-state index contributed by atoms with van der Waals surface area (Å²) in [7, 11) is 0. The van der Waals surface area contributed by atoms with Crippen LogP contribution in [0.4, 0.5) is 0 Å². The first kappa shape index (κ1) is 17.7. The maximum absolute atomic E-state index is 6.87. The fourth-order valence-corrected chi connectivity index (χ4v) is 6.71. The molecule has 0 aromatic heterocycles. The maximum atomic E-state index is 6.87. The number of hydrogen-bond acceptors (Lipinski definition) is 1. The van der Waals surface area contributed by atoms with Gasteiger partial charge in [-0.05, 0) is 0 Å². The molecule has 0 fully saturated rings. The fourth-order valence-electron chi connectivity index (χ4n) is 4.18. The van der Waals surface area contributed by atoms with Crippen LogP contribution in [0.5, 0.6) is 0 Å². The van der Waals surface area contributed by atoms with Gasteiger partial charge in [0.15, 0.2) is 0 Å². The van der Waals surface area contributed by atoms with Crippen LogP contribution >= 0.6 is 0 Å². The van der Waals surface area contributed by atoms with Crippen LogP contribution < -0.4 is 4.22 Å². The van der Waals surface area contributed by atoms with Gasteiger partial charge >= 0.3 is 164 Å². The second-order valence-electron chi connectivity index (χ2n) is 8.00. The average molecular weight is 376 g/mol. The van der Waals surface area contributed by atoms with Gasteiger partial charge in [0.1, 0.15) is 0 Å². The molecule has 1 aliphatic carbocycles. The third kappa shape index (κ3) is 3.32. The van der Waals surface area contributed by atoms with Crippen LogP contribution in [0.2, 0.25) is 3.72 Å². The van der Waals surface area contributed by atoms with E-state index >= 15 is 0 Å². The standard InChI is InChI=1S/C17H17.C7H7.H2N.Ti/c1-12(2)11-17-15-9-5-3-7-13(15)14-8-4-6-10-16(14)17;1-7-5-3-2-4-6-7;;/h3-10,17H,11H2,1-2H3;2-6H,1H2;1H2;/q;;-1;+1.